The lowest BCUT2D eigenvalue weighted by Gasteiger charge is -2.21. The Labute approximate surface area is 178 Å². The zero-order chi connectivity index (χ0) is 17.9. The standard InChI is InChI=1S/C18H32N4O2S.HI/c1-4-17-21-16(14-25-17)6-8-20-18(19-5-2)22-9-7-15(12-22)13-24-11-10-23-3;/h14-15H,4-13H2,1-3H3,(H,19,20);1H. The van der Waals surface area contributed by atoms with Gasteiger partial charge in [0, 0.05) is 51.0 Å². The highest BCUT2D eigenvalue weighted by atomic mass is 127. The Bertz CT molecular complexity index is 527. The van der Waals surface area contributed by atoms with E-state index in [4.69, 9.17) is 14.5 Å². The molecule has 1 N–H and O–H groups in total. The molecule has 1 saturated heterocycles. The highest BCUT2D eigenvalue weighted by Gasteiger charge is 2.24. The van der Waals surface area contributed by atoms with Gasteiger partial charge in [0.15, 0.2) is 5.96 Å². The van der Waals surface area contributed by atoms with Gasteiger partial charge >= 0.3 is 0 Å². The molecular formula is C18H33IN4O2S. The lowest BCUT2D eigenvalue weighted by Crippen LogP contribution is -2.40. The lowest BCUT2D eigenvalue weighted by atomic mass is 10.1. The molecule has 2 rings (SSSR count). The van der Waals surface area contributed by atoms with Crippen molar-refractivity contribution in [3.63, 3.8) is 0 Å². The molecule has 0 spiro atoms. The molecule has 2 heterocycles. The predicted octanol–water partition coefficient (Wildman–Crippen LogP) is 2.82. The fraction of sp³-hybridized carbons (Fsp3) is 0.778. The van der Waals surface area contributed by atoms with Crippen molar-refractivity contribution < 1.29 is 9.47 Å². The summed E-state index contributed by atoms with van der Waals surface area (Å²) in [7, 11) is 1.70. The molecule has 6 nitrogen and oxygen atoms in total. The number of aliphatic imine (C=N–C) groups is 1. The van der Waals surface area contributed by atoms with Gasteiger partial charge in [-0.1, -0.05) is 6.92 Å². The highest BCUT2D eigenvalue weighted by Crippen LogP contribution is 2.17. The summed E-state index contributed by atoms with van der Waals surface area (Å²) < 4.78 is 10.7. The summed E-state index contributed by atoms with van der Waals surface area (Å²) in [6.45, 7) is 10.1. The smallest absolute Gasteiger partial charge is 0.193 e. The molecule has 150 valence electrons. The van der Waals surface area contributed by atoms with Crippen LogP contribution >= 0.6 is 35.3 Å². The predicted molar refractivity (Wildman–Crippen MR) is 119 cm³/mol. The Morgan fingerprint density at radius 2 is 2.27 bits per heavy atom. The number of aryl methyl sites for hydroxylation is 1. The largest absolute Gasteiger partial charge is 0.382 e. The monoisotopic (exact) mass is 496 g/mol. The van der Waals surface area contributed by atoms with Gasteiger partial charge < -0.3 is 19.7 Å². The van der Waals surface area contributed by atoms with Crippen LogP contribution in [0.5, 0.6) is 0 Å². The first-order valence-electron chi connectivity index (χ1n) is 9.30. The van der Waals surface area contributed by atoms with Gasteiger partial charge in [-0.2, -0.15) is 0 Å². The maximum atomic E-state index is 5.68. The second-order valence-corrected chi connectivity index (χ2v) is 7.18. The Balaban J connectivity index is 0.00000338. The van der Waals surface area contributed by atoms with Crippen molar-refractivity contribution in [3.8, 4) is 0 Å². The molecule has 1 aliphatic heterocycles. The maximum Gasteiger partial charge on any atom is 0.193 e. The third-order valence-electron chi connectivity index (χ3n) is 4.24. The number of likely N-dealkylation sites (tertiary alicyclic amines) is 1. The number of hydrogen-bond acceptors (Lipinski definition) is 5. The second kappa shape index (κ2) is 13.7. The third-order valence-corrected chi connectivity index (χ3v) is 5.28. The van der Waals surface area contributed by atoms with Gasteiger partial charge in [0.25, 0.3) is 0 Å². The average Bonchev–Trinajstić information content (AvgIpc) is 3.27. The highest BCUT2D eigenvalue weighted by molar-refractivity contribution is 14.0. The van der Waals surface area contributed by atoms with E-state index in [1.807, 2.05) is 0 Å². The van der Waals surface area contributed by atoms with Crippen molar-refractivity contribution in [2.75, 3.05) is 53.1 Å². The van der Waals surface area contributed by atoms with E-state index in [9.17, 15) is 0 Å². The number of aromatic nitrogens is 1. The molecule has 0 aromatic carbocycles. The number of hydrogen-bond donors (Lipinski definition) is 1. The molecule has 8 heteroatoms. The van der Waals surface area contributed by atoms with E-state index >= 15 is 0 Å². The van der Waals surface area contributed by atoms with Crippen LogP contribution in [0.1, 0.15) is 31.0 Å². The van der Waals surface area contributed by atoms with Crippen LogP contribution in [0.25, 0.3) is 0 Å². The van der Waals surface area contributed by atoms with Crippen LogP contribution in [0.3, 0.4) is 0 Å². The van der Waals surface area contributed by atoms with Crippen LogP contribution in [0, 0.1) is 5.92 Å². The van der Waals surface area contributed by atoms with E-state index in [-0.39, 0.29) is 24.0 Å². The number of methoxy groups -OCH3 is 1. The first-order chi connectivity index (χ1) is 12.3. The van der Waals surface area contributed by atoms with Crippen LogP contribution in [-0.4, -0.2) is 69.0 Å². The molecule has 26 heavy (non-hydrogen) atoms. The Morgan fingerprint density at radius 1 is 1.42 bits per heavy atom. The minimum absolute atomic E-state index is 0. The van der Waals surface area contributed by atoms with E-state index in [0.717, 1.165) is 63.7 Å². The van der Waals surface area contributed by atoms with Gasteiger partial charge in [-0.15, -0.1) is 35.3 Å². The Kier molecular flexibility index (Phi) is 12.4. The normalized spacial score (nSPS) is 17.4. The molecule has 1 atom stereocenters. The van der Waals surface area contributed by atoms with Gasteiger partial charge in [0.05, 0.1) is 30.5 Å². The molecule has 0 aliphatic carbocycles. The Morgan fingerprint density at radius 3 is 2.96 bits per heavy atom. The number of guanidine groups is 1. The summed E-state index contributed by atoms with van der Waals surface area (Å²) in [6.07, 6.45) is 3.07. The molecule has 0 amide bonds. The van der Waals surface area contributed by atoms with Crippen molar-refractivity contribution in [3.05, 3.63) is 16.1 Å². The molecule has 0 saturated carbocycles. The number of halogens is 1. The molecule has 1 aromatic heterocycles. The quantitative estimate of drug-likeness (QED) is 0.234. The van der Waals surface area contributed by atoms with E-state index in [2.05, 4.69) is 34.4 Å². The van der Waals surface area contributed by atoms with Crippen LogP contribution < -0.4 is 5.32 Å². The van der Waals surface area contributed by atoms with Crippen molar-refractivity contribution >= 4 is 41.3 Å². The summed E-state index contributed by atoms with van der Waals surface area (Å²) in [5, 5.41) is 6.79. The van der Waals surface area contributed by atoms with Gasteiger partial charge in [0.1, 0.15) is 0 Å². The first-order valence-corrected chi connectivity index (χ1v) is 10.2. The van der Waals surface area contributed by atoms with Crippen LogP contribution in [0.15, 0.2) is 10.4 Å². The van der Waals surface area contributed by atoms with E-state index in [1.54, 1.807) is 18.4 Å². The molecule has 0 radical (unpaired) electrons. The second-order valence-electron chi connectivity index (χ2n) is 6.24. The molecule has 1 fully saturated rings. The molecule has 1 aliphatic rings. The van der Waals surface area contributed by atoms with Crippen molar-refractivity contribution in [2.45, 2.75) is 33.1 Å². The number of nitrogens with one attached hydrogen (secondary N) is 1. The SMILES string of the molecule is CCNC(=NCCc1csc(CC)n1)N1CCC(COCCOC)C1.I. The van der Waals surface area contributed by atoms with Crippen molar-refractivity contribution in [1.82, 2.24) is 15.2 Å². The molecule has 0 bridgehead atoms. The van der Waals surface area contributed by atoms with Gasteiger partial charge in [0.2, 0.25) is 0 Å². The zero-order valence-electron chi connectivity index (χ0n) is 16.2. The number of thiazole rings is 1. The zero-order valence-corrected chi connectivity index (χ0v) is 19.3. The minimum atomic E-state index is 0. The van der Waals surface area contributed by atoms with Gasteiger partial charge in [-0.3, -0.25) is 4.99 Å². The average molecular weight is 496 g/mol. The van der Waals surface area contributed by atoms with E-state index in [0.29, 0.717) is 19.1 Å². The van der Waals surface area contributed by atoms with E-state index < -0.39 is 0 Å². The number of rotatable bonds is 10. The van der Waals surface area contributed by atoms with Gasteiger partial charge in [-0.25, -0.2) is 4.98 Å². The van der Waals surface area contributed by atoms with Crippen molar-refractivity contribution in [2.24, 2.45) is 10.9 Å². The van der Waals surface area contributed by atoms with Crippen LogP contribution in [0.4, 0.5) is 0 Å². The summed E-state index contributed by atoms with van der Waals surface area (Å²) in [5.74, 6) is 1.60. The fourth-order valence-electron chi connectivity index (χ4n) is 2.88. The van der Waals surface area contributed by atoms with E-state index in [1.165, 1.54) is 5.01 Å². The maximum absolute atomic E-state index is 5.68. The lowest BCUT2D eigenvalue weighted by molar-refractivity contribution is 0.0536. The first kappa shape index (κ1) is 23.6. The molecule has 1 aromatic rings. The summed E-state index contributed by atoms with van der Waals surface area (Å²) in [6, 6.07) is 0. The summed E-state index contributed by atoms with van der Waals surface area (Å²) in [5.41, 5.74) is 1.16. The summed E-state index contributed by atoms with van der Waals surface area (Å²) in [4.78, 5) is 11.8. The number of ether oxygens (including phenoxy) is 2. The Hall–Kier alpha value is -0.450. The molecule has 1 unspecified atom stereocenters. The van der Waals surface area contributed by atoms with Crippen molar-refractivity contribution in [1.29, 1.82) is 0 Å². The van der Waals surface area contributed by atoms with Gasteiger partial charge in [-0.05, 0) is 19.8 Å². The number of nitrogens with zero attached hydrogens (tertiary/aromatic N) is 3. The topological polar surface area (TPSA) is 59.0 Å². The third kappa shape index (κ3) is 8.06. The summed E-state index contributed by atoms with van der Waals surface area (Å²) >= 11 is 1.75. The van der Waals surface area contributed by atoms with Crippen LogP contribution in [0.2, 0.25) is 0 Å². The fourth-order valence-corrected chi connectivity index (χ4v) is 3.66. The van der Waals surface area contributed by atoms with Crippen LogP contribution in [-0.2, 0) is 22.3 Å². The molecular weight excluding hydrogens is 463 g/mol. The minimum Gasteiger partial charge on any atom is -0.382 e.